The molecule has 25 heavy (non-hydrogen) atoms. The summed E-state index contributed by atoms with van der Waals surface area (Å²) in [7, 11) is 1.61. The van der Waals surface area contributed by atoms with Crippen molar-refractivity contribution in [2.24, 2.45) is 0 Å². The Morgan fingerprint density at radius 2 is 1.76 bits per heavy atom. The lowest BCUT2D eigenvalue weighted by Gasteiger charge is -2.19. The third kappa shape index (κ3) is 6.19. The van der Waals surface area contributed by atoms with Gasteiger partial charge in [0.05, 0.1) is 13.2 Å². The van der Waals surface area contributed by atoms with Gasteiger partial charge in [-0.05, 0) is 56.3 Å². The molecule has 0 heterocycles. The van der Waals surface area contributed by atoms with E-state index in [2.05, 4.69) is 5.32 Å². The Morgan fingerprint density at radius 3 is 2.40 bits per heavy atom. The topological polar surface area (TPSA) is 56.8 Å². The summed E-state index contributed by atoms with van der Waals surface area (Å²) in [5.41, 5.74) is 0. The zero-order valence-corrected chi connectivity index (χ0v) is 15.2. The summed E-state index contributed by atoms with van der Waals surface area (Å²) >= 11 is 5.91. The second kappa shape index (κ2) is 9.18. The first-order valence-electron chi connectivity index (χ1n) is 7.97. The molecule has 0 aromatic heterocycles. The van der Waals surface area contributed by atoms with Gasteiger partial charge in [-0.1, -0.05) is 17.7 Å². The number of carbonyl (C=O) groups is 1. The summed E-state index contributed by atoms with van der Waals surface area (Å²) in [5.74, 6) is 1.81. The maximum atomic E-state index is 12.2. The van der Waals surface area contributed by atoms with Crippen LogP contribution in [0, 0.1) is 0 Å². The number of hydrogen-bond donors (Lipinski definition) is 1. The average Bonchev–Trinajstić information content (AvgIpc) is 2.60. The van der Waals surface area contributed by atoms with Crippen molar-refractivity contribution in [3.8, 4) is 17.2 Å². The van der Waals surface area contributed by atoms with Crippen molar-refractivity contribution >= 4 is 17.5 Å². The molecule has 0 saturated heterocycles. The minimum absolute atomic E-state index is 0.167. The van der Waals surface area contributed by atoms with E-state index in [0.29, 0.717) is 23.1 Å². The molecule has 134 valence electrons. The maximum absolute atomic E-state index is 12.2. The standard InChI is InChI=1S/C19H22ClNO4/c1-13(12-24-17-9-7-16(23-3)8-10-17)21-19(22)14(2)25-18-6-4-5-15(20)11-18/h4-11,13-14H,12H2,1-3H3,(H,21,22)/t13-,14+/m0/s1. The van der Waals surface area contributed by atoms with Crippen LogP contribution in [0.5, 0.6) is 17.2 Å². The molecule has 1 N–H and O–H groups in total. The molecule has 0 aliphatic rings. The normalized spacial score (nSPS) is 12.8. The third-order valence-corrected chi connectivity index (χ3v) is 3.66. The lowest BCUT2D eigenvalue weighted by atomic mass is 10.3. The number of hydrogen-bond acceptors (Lipinski definition) is 4. The zero-order valence-electron chi connectivity index (χ0n) is 14.5. The Morgan fingerprint density at radius 1 is 1.08 bits per heavy atom. The molecular weight excluding hydrogens is 342 g/mol. The van der Waals surface area contributed by atoms with Gasteiger partial charge in [0, 0.05) is 5.02 Å². The van der Waals surface area contributed by atoms with E-state index < -0.39 is 6.10 Å². The van der Waals surface area contributed by atoms with E-state index >= 15 is 0 Å². The molecule has 0 saturated carbocycles. The molecule has 0 fully saturated rings. The average molecular weight is 364 g/mol. The minimum Gasteiger partial charge on any atom is -0.497 e. The van der Waals surface area contributed by atoms with Crippen LogP contribution in [0.2, 0.25) is 5.02 Å². The summed E-state index contributed by atoms with van der Waals surface area (Å²) < 4.78 is 16.3. The molecule has 1 amide bonds. The highest BCUT2D eigenvalue weighted by Crippen LogP contribution is 2.19. The van der Waals surface area contributed by atoms with Gasteiger partial charge in [0.2, 0.25) is 0 Å². The molecule has 0 bridgehead atoms. The Labute approximate surface area is 152 Å². The fourth-order valence-electron chi connectivity index (χ4n) is 2.09. The van der Waals surface area contributed by atoms with Crippen molar-refractivity contribution in [2.75, 3.05) is 13.7 Å². The van der Waals surface area contributed by atoms with Gasteiger partial charge in [0.25, 0.3) is 5.91 Å². The van der Waals surface area contributed by atoms with Gasteiger partial charge in [-0.25, -0.2) is 0 Å². The number of benzene rings is 2. The minimum atomic E-state index is -0.637. The van der Waals surface area contributed by atoms with Gasteiger partial charge >= 0.3 is 0 Å². The van der Waals surface area contributed by atoms with Crippen molar-refractivity contribution in [3.63, 3.8) is 0 Å². The van der Waals surface area contributed by atoms with E-state index in [9.17, 15) is 4.79 Å². The number of methoxy groups -OCH3 is 1. The quantitative estimate of drug-likeness (QED) is 0.777. The van der Waals surface area contributed by atoms with Crippen LogP contribution in [0.4, 0.5) is 0 Å². The Kier molecular flexibility index (Phi) is 6.95. The van der Waals surface area contributed by atoms with Gasteiger partial charge in [0.1, 0.15) is 23.9 Å². The van der Waals surface area contributed by atoms with Gasteiger partial charge in [0.15, 0.2) is 6.10 Å². The van der Waals surface area contributed by atoms with Gasteiger partial charge in [-0.15, -0.1) is 0 Å². The highest BCUT2D eigenvalue weighted by atomic mass is 35.5. The van der Waals surface area contributed by atoms with Gasteiger partial charge in [-0.2, -0.15) is 0 Å². The first-order valence-corrected chi connectivity index (χ1v) is 8.35. The predicted molar refractivity (Wildman–Crippen MR) is 97.6 cm³/mol. The Hall–Kier alpha value is -2.40. The number of carbonyl (C=O) groups excluding carboxylic acids is 1. The van der Waals surface area contributed by atoms with Crippen LogP contribution in [0.25, 0.3) is 0 Å². The molecule has 0 unspecified atom stereocenters. The molecule has 2 aromatic carbocycles. The summed E-state index contributed by atoms with van der Waals surface area (Å²) in [5, 5.41) is 3.42. The van der Waals surface area contributed by atoms with Crippen molar-refractivity contribution in [1.29, 1.82) is 0 Å². The van der Waals surface area contributed by atoms with Crippen LogP contribution in [0.15, 0.2) is 48.5 Å². The SMILES string of the molecule is COc1ccc(OC[C@H](C)NC(=O)[C@@H](C)Oc2cccc(Cl)c2)cc1. The zero-order chi connectivity index (χ0) is 18.2. The summed E-state index contributed by atoms with van der Waals surface area (Å²) in [6, 6.07) is 14.0. The van der Waals surface area contributed by atoms with E-state index in [1.165, 1.54) is 0 Å². The second-order valence-electron chi connectivity index (χ2n) is 5.61. The number of ether oxygens (including phenoxy) is 3. The molecule has 0 aliphatic carbocycles. The van der Waals surface area contributed by atoms with Crippen LogP contribution >= 0.6 is 11.6 Å². The lowest BCUT2D eigenvalue weighted by molar-refractivity contribution is -0.128. The molecule has 0 spiro atoms. The van der Waals surface area contributed by atoms with Crippen molar-refractivity contribution in [2.45, 2.75) is 26.0 Å². The summed E-state index contributed by atoms with van der Waals surface area (Å²) in [6.45, 7) is 3.91. The molecule has 0 aliphatic heterocycles. The molecule has 0 radical (unpaired) electrons. The largest absolute Gasteiger partial charge is 0.497 e. The smallest absolute Gasteiger partial charge is 0.261 e. The number of amides is 1. The van der Waals surface area contributed by atoms with Crippen LogP contribution in [-0.4, -0.2) is 31.8 Å². The van der Waals surface area contributed by atoms with E-state index in [1.54, 1.807) is 38.3 Å². The number of rotatable bonds is 8. The third-order valence-electron chi connectivity index (χ3n) is 3.43. The van der Waals surface area contributed by atoms with E-state index in [4.69, 9.17) is 25.8 Å². The van der Waals surface area contributed by atoms with E-state index in [0.717, 1.165) is 5.75 Å². The van der Waals surface area contributed by atoms with Crippen LogP contribution in [0.3, 0.4) is 0 Å². The molecule has 5 nitrogen and oxygen atoms in total. The molecule has 2 rings (SSSR count). The molecule has 2 aromatic rings. The van der Waals surface area contributed by atoms with E-state index in [-0.39, 0.29) is 11.9 Å². The molecule has 6 heteroatoms. The Bertz CT molecular complexity index is 690. The highest BCUT2D eigenvalue weighted by Gasteiger charge is 2.17. The van der Waals surface area contributed by atoms with Gasteiger partial charge < -0.3 is 19.5 Å². The first-order chi connectivity index (χ1) is 12.0. The van der Waals surface area contributed by atoms with Crippen LogP contribution < -0.4 is 19.5 Å². The van der Waals surface area contributed by atoms with Crippen LogP contribution in [-0.2, 0) is 4.79 Å². The first kappa shape index (κ1) is 18.9. The summed E-state index contributed by atoms with van der Waals surface area (Å²) in [4.78, 5) is 12.2. The van der Waals surface area contributed by atoms with Crippen LogP contribution in [0.1, 0.15) is 13.8 Å². The van der Waals surface area contributed by atoms with Crippen molar-refractivity contribution in [1.82, 2.24) is 5.32 Å². The number of nitrogens with one attached hydrogen (secondary N) is 1. The lowest BCUT2D eigenvalue weighted by Crippen LogP contribution is -2.43. The summed E-state index contributed by atoms with van der Waals surface area (Å²) in [6.07, 6.45) is -0.637. The second-order valence-corrected chi connectivity index (χ2v) is 6.05. The fraction of sp³-hybridized carbons (Fsp3) is 0.316. The fourth-order valence-corrected chi connectivity index (χ4v) is 2.27. The van der Waals surface area contributed by atoms with Gasteiger partial charge in [-0.3, -0.25) is 4.79 Å². The predicted octanol–water partition coefficient (Wildman–Crippen LogP) is 3.70. The highest BCUT2D eigenvalue weighted by molar-refractivity contribution is 6.30. The maximum Gasteiger partial charge on any atom is 0.261 e. The number of halogens is 1. The molecular formula is C19H22ClNO4. The van der Waals surface area contributed by atoms with E-state index in [1.807, 2.05) is 31.2 Å². The van der Waals surface area contributed by atoms with Crippen molar-refractivity contribution in [3.05, 3.63) is 53.6 Å². The van der Waals surface area contributed by atoms with Crippen molar-refractivity contribution < 1.29 is 19.0 Å². The molecule has 2 atom stereocenters. The Balaban J connectivity index is 1.78. The monoisotopic (exact) mass is 363 g/mol.